The second-order valence-corrected chi connectivity index (χ2v) is 4.58. The molecule has 104 valence electrons. The average molecular weight is 264 g/mol. The van der Waals surface area contributed by atoms with Gasteiger partial charge in [0.1, 0.15) is 13.2 Å². The monoisotopic (exact) mass is 264 g/mol. The normalized spacial score (nSPS) is 13.2. The van der Waals surface area contributed by atoms with Crippen LogP contribution in [-0.4, -0.2) is 44.7 Å². The molecule has 5 nitrogen and oxygen atoms in total. The summed E-state index contributed by atoms with van der Waals surface area (Å²) < 4.78 is 11.0. The van der Waals surface area contributed by atoms with Gasteiger partial charge in [0.05, 0.1) is 0 Å². The Labute approximate surface area is 113 Å². The standard InChI is InChI=1S/C14H20N2O3/c1-15-6-5-14(17)16(2)10-11-3-4-12-13(9-11)19-8-7-18-12/h3-4,9,15H,5-8,10H2,1-2H3. The number of fused-ring (bicyclic) bond motifs is 1. The van der Waals surface area contributed by atoms with Gasteiger partial charge in [-0.05, 0) is 24.7 Å². The minimum Gasteiger partial charge on any atom is -0.486 e. The van der Waals surface area contributed by atoms with Crippen LogP contribution in [0, 0.1) is 0 Å². The van der Waals surface area contributed by atoms with Gasteiger partial charge in [-0.15, -0.1) is 0 Å². The van der Waals surface area contributed by atoms with Crippen LogP contribution in [-0.2, 0) is 11.3 Å². The van der Waals surface area contributed by atoms with E-state index in [9.17, 15) is 4.79 Å². The molecule has 0 radical (unpaired) electrons. The van der Waals surface area contributed by atoms with Crippen LogP contribution in [0.4, 0.5) is 0 Å². The van der Waals surface area contributed by atoms with Crippen LogP contribution in [0.1, 0.15) is 12.0 Å². The van der Waals surface area contributed by atoms with Crippen molar-refractivity contribution in [2.24, 2.45) is 0 Å². The van der Waals surface area contributed by atoms with Crippen LogP contribution in [0.5, 0.6) is 11.5 Å². The molecule has 0 saturated carbocycles. The third-order valence-corrected chi connectivity index (χ3v) is 3.04. The minimum atomic E-state index is 0.129. The molecule has 0 aliphatic carbocycles. The molecule has 0 aromatic heterocycles. The van der Waals surface area contributed by atoms with Crippen molar-refractivity contribution in [2.75, 3.05) is 33.9 Å². The van der Waals surface area contributed by atoms with Crippen molar-refractivity contribution < 1.29 is 14.3 Å². The molecule has 0 unspecified atom stereocenters. The molecule has 2 rings (SSSR count). The first-order valence-electron chi connectivity index (χ1n) is 6.48. The van der Waals surface area contributed by atoms with Gasteiger partial charge in [-0.2, -0.15) is 0 Å². The Kier molecular flexibility index (Phi) is 4.63. The minimum absolute atomic E-state index is 0.129. The third kappa shape index (κ3) is 3.61. The summed E-state index contributed by atoms with van der Waals surface area (Å²) in [7, 11) is 3.66. The van der Waals surface area contributed by atoms with Crippen molar-refractivity contribution in [1.29, 1.82) is 0 Å². The molecule has 0 atom stereocenters. The number of nitrogens with zero attached hydrogens (tertiary/aromatic N) is 1. The highest BCUT2D eigenvalue weighted by atomic mass is 16.6. The van der Waals surface area contributed by atoms with Crippen molar-refractivity contribution in [1.82, 2.24) is 10.2 Å². The molecule has 1 amide bonds. The highest BCUT2D eigenvalue weighted by molar-refractivity contribution is 5.76. The Bertz CT molecular complexity index is 448. The maximum atomic E-state index is 11.8. The Morgan fingerprint density at radius 3 is 2.79 bits per heavy atom. The van der Waals surface area contributed by atoms with Crippen LogP contribution in [0.2, 0.25) is 0 Å². The van der Waals surface area contributed by atoms with Gasteiger partial charge in [-0.3, -0.25) is 4.79 Å². The molecule has 1 aromatic rings. The summed E-state index contributed by atoms with van der Waals surface area (Å²) in [6.45, 7) is 2.45. The third-order valence-electron chi connectivity index (χ3n) is 3.04. The molecule has 0 spiro atoms. The summed E-state index contributed by atoms with van der Waals surface area (Å²) in [5, 5.41) is 2.97. The predicted molar refractivity (Wildman–Crippen MR) is 72.4 cm³/mol. The molecule has 1 aliphatic rings. The molecule has 1 aromatic carbocycles. The SMILES string of the molecule is CNCCC(=O)N(C)Cc1ccc2c(c1)OCCO2. The summed E-state index contributed by atoms with van der Waals surface area (Å²) in [6, 6.07) is 5.81. The number of carbonyl (C=O) groups is 1. The van der Waals surface area contributed by atoms with Gasteiger partial charge >= 0.3 is 0 Å². The van der Waals surface area contributed by atoms with Crippen LogP contribution in [0.15, 0.2) is 18.2 Å². The number of nitrogens with one attached hydrogen (secondary N) is 1. The van der Waals surface area contributed by atoms with Gasteiger partial charge in [0, 0.05) is 26.6 Å². The Morgan fingerprint density at radius 1 is 1.32 bits per heavy atom. The van der Waals surface area contributed by atoms with E-state index in [1.807, 2.05) is 32.3 Å². The highest BCUT2D eigenvalue weighted by Crippen LogP contribution is 2.30. The van der Waals surface area contributed by atoms with Gasteiger partial charge in [0.15, 0.2) is 11.5 Å². The molecule has 0 bridgehead atoms. The Balaban J connectivity index is 1.97. The lowest BCUT2D eigenvalue weighted by Gasteiger charge is -2.21. The van der Waals surface area contributed by atoms with Crippen LogP contribution in [0.3, 0.4) is 0 Å². The van der Waals surface area contributed by atoms with E-state index in [4.69, 9.17) is 9.47 Å². The Hall–Kier alpha value is -1.75. The largest absolute Gasteiger partial charge is 0.486 e. The van der Waals surface area contributed by atoms with Gasteiger partial charge in [-0.25, -0.2) is 0 Å². The fourth-order valence-corrected chi connectivity index (χ4v) is 1.97. The maximum Gasteiger partial charge on any atom is 0.223 e. The van der Waals surface area contributed by atoms with Gasteiger partial charge in [-0.1, -0.05) is 6.07 Å². The zero-order valence-electron chi connectivity index (χ0n) is 11.4. The van der Waals surface area contributed by atoms with Crippen molar-refractivity contribution >= 4 is 5.91 Å². The summed E-state index contributed by atoms with van der Waals surface area (Å²) in [5.74, 6) is 1.67. The van der Waals surface area contributed by atoms with Crippen LogP contribution in [0.25, 0.3) is 0 Å². The number of hydrogen-bond acceptors (Lipinski definition) is 4. The summed E-state index contributed by atoms with van der Waals surface area (Å²) in [6.07, 6.45) is 0.511. The zero-order chi connectivity index (χ0) is 13.7. The smallest absolute Gasteiger partial charge is 0.223 e. The maximum absolute atomic E-state index is 11.8. The summed E-state index contributed by atoms with van der Waals surface area (Å²) >= 11 is 0. The lowest BCUT2D eigenvalue weighted by Crippen LogP contribution is -2.28. The number of hydrogen-bond donors (Lipinski definition) is 1. The van der Waals surface area contributed by atoms with Crippen LogP contribution < -0.4 is 14.8 Å². The second kappa shape index (κ2) is 6.43. The molecule has 19 heavy (non-hydrogen) atoms. The molecule has 5 heteroatoms. The number of benzene rings is 1. The Morgan fingerprint density at radius 2 is 2.05 bits per heavy atom. The zero-order valence-corrected chi connectivity index (χ0v) is 11.4. The van der Waals surface area contributed by atoms with Crippen molar-refractivity contribution in [2.45, 2.75) is 13.0 Å². The van der Waals surface area contributed by atoms with E-state index in [1.165, 1.54) is 0 Å². The lowest BCUT2D eigenvalue weighted by molar-refractivity contribution is -0.130. The van der Waals surface area contributed by atoms with E-state index in [1.54, 1.807) is 4.90 Å². The topological polar surface area (TPSA) is 50.8 Å². The van der Waals surface area contributed by atoms with Crippen molar-refractivity contribution in [3.05, 3.63) is 23.8 Å². The summed E-state index contributed by atoms with van der Waals surface area (Å²) in [4.78, 5) is 13.5. The van der Waals surface area contributed by atoms with Crippen molar-refractivity contribution in [3.8, 4) is 11.5 Å². The number of ether oxygens (including phenoxy) is 2. The van der Waals surface area contributed by atoms with Crippen LogP contribution >= 0.6 is 0 Å². The van der Waals surface area contributed by atoms with E-state index < -0.39 is 0 Å². The number of rotatable bonds is 5. The van der Waals surface area contributed by atoms with Gasteiger partial charge in [0.25, 0.3) is 0 Å². The second-order valence-electron chi connectivity index (χ2n) is 4.58. The number of carbonyl (C=O) groups excluding carboxylic acids is 1. The first-order chi connectivity index (χ1) is 9.20. The quantitative estimate of drug-likeness (QED) is 0.863. The lowest BCUT2D eigenvalue weighted by atomic mass is 10.2. The number of amides is 1. The molecule has 1 heterocycles. The molecule has 1 aliphatic heterocycles. The van der Waals surface area contributed by atoms with E-state index in [-0.39, 0.29) is 5.91 Å². The first kappa shape index (κ1) is 13.7. The van der Waals surface area contributed by atoms with Gasteiger partial charge < -0.3 is 19.7 Å². The fourth-order valence-electron chi connectivity index (χ4n) is 1.97. The fraction of sp³-hybridized carbons (Fsp3) is 0.500. The molecule has 0 saturated heterocycles. The van der Waals surface area contributed by atoms with Gasteiger partial charge in [0.2, 0.25) is 5.91 Å². The average Bonchev–Trinajstić information content (AvgIpc) is 2.44. The first-order valence-corrected chi connectivity index (χ1v) is 6.48. The predicted octanol–water partition coefficient (Wildman–Crippen LogP) is 1.03. The van der Waals surface area contributed by atoms with Crippen molar-refractivity contribution in [3.63, 3.8) is 0 Å². The van der Waals surface area contributed by atoms with E-state index >= 15 is 0 Å². The molecule has 1 N–H and O–H groups in total. The molecular weight excluding hydrogens is 244 g/mol. The van der Waals surface area contributed by atoms with E-state index in [0.717, 1.165) is 17.1 Å². The molecule has 0 fully saturated rings. The van der Waals surface area contributed by atoms with E-state index in [0.29, 0.717) is 32.7 Å². The molecular formula is C14H20N2O3. The van der Waals surface area contributed by atoms with E-state index in [2.05, 4.69) is 5.32 Å². The highest BCUT2D eigenvalue weighted by Gasteiger charge is 2.14. The summed E-state index contributed by atoms with van der Waals surface area (Å²) in [5.41, 5.74) is 1.05.